The summed E-state index contributed by atoms with van der Waals surface area (Å²) in [5.74, 6) is -0.613. The second kappa shape index (κ2) is 6.78. The zero-order chi connectivity index (χ0) is 18.3. The summed E-state index contributed by atoms with van der Waals surface area (Å²) in [6, 6.07) is 5.30. The van der Waals surface area contributed by atoms with Crippen LogP contribution in [0.5, 0.6) is 0 Å². The fourth-order valence-corrected chi connectivity index (χ4v) is 4.81. The highest BCUT2D eigenvalue weighted by Gasteiger charge is 2.28. The molecule has 1 N–H and O–H groups in total. The van der Waals surface area contributed by atoms with Gasteiger partial charge in [-0.05, 0) is 43.0 Å². The van der Waals surface area contributed by atoms with E-state index in [9.17, 15) is 9.59 Å². The van der Waals surface area contributed by atoms with E-state index < -0.39 is 5.97 Å². The number of hydrogen-bond donors (Lipinski definition) is 1. The minimum Gasteiger partial charge on any atom is -0.465 e. The standard InChI is InChI=1S/C19H16ClNO4S/c1-24-19(23)17-12-3-2-4-15(12)26-18(17)21-16(22)7-10-9-25-14-6-5-11(20)8-13(10)14/h5-6,8-9H,2-4,7H2,1H3,(H,21,22). The van der Waals surface area contributed by atoms with Crippen LogP contribution in [0.3, 0.4) is 0 Å². The molecule has 0 fully saturated rings. The molecule has 7 heteroatoms. The maximum atomic E-state index is 12.6. The number of methoxy groups -OCH3 is 1. The second-order valence-electron chi connectivity index (χ2n) is 6.18. The monoisotopic (exact) mass is 389 g/mol. The molecule has 2 heterocycles. The van der Waals surface area contributed by atoms with Gasteiger partial charge in [0, 0.05) is 20.8 Å². The molecule has 0 saturated carbocycles. The van der Waals surface area contributed by atoms with Crippen molar-refractivity contribution >= 4 is 50.8 Å². The Bertz CT molecular complexity index is 1020. The van der Waals surface area contributed by atoms with Gasteiger partial charge in [-0.3, -0.25) is 4.79 Å². The second-order valence-corrected chi connectivity index (χ2v) is 7.72. The van der Waals surface area contributed by atoms with Crippen molar-refractivity contribution in [2.24, 2.45) is 0 Å². The third-order valence-corrected chi connectivity index (χ3v) is 5.97. The van der Waals surface area contributed by atoms with E-state index in [0.29, 0.717) is 21.2 Å². The predicted molar refractivity (Wildman–Crippen MR) is 101 cm³/mol. The highest BCUT2D eigenvalue weighted by atomic mass is 35.5. The first-order valence-electron chi connectivity index (χ1n) is 8.25. The summed E-state index contributed by atoms with van der Waals surface area (Å²) in [5, 5.41) is 4.84. The molecule has 1 aromatic carbocycles. The Labute approximate surface area is 158 Å². The summed E-state index contributed by atoms with van der Waals surface area (Å²) in [6.07, 6.45) is 4.51. The van der Waals surface area contributed by atoms with Gasteiger partial charge >= 0.3 is 5.97 Å². The number of rotatable bonds is 4. The number of carbonyl (C=O) groups excluding carboxylic acids is 2. The van der Waals surface area contributed by atoms with Crippen LogP contribution in [0.4, 0.5) is 5.00 Å². The molecule has 1 aliphatic carbocycles. The summed E-state index contributed by atoms with van der Waals surface area (Å²) in [5.41, 5.74) is 2.95. The Balaban J connectivity index is 1.59. The molecule has 0 saturated heterocycles. The van der Waals surface area contributed by atoms with Crippen molar-refractivity contribution in [1.82, 2.24) is 0 Å². The Morgan fingerprint density at radius 3 is 3.00 bits per heavy atom. The number of halogens is 1. The Hall–Kier alpha value is -2.31. The Kier molecular flexibility index (Phi) is 4.46. The van der Waals surface area contributed by atoms with Crippen LogP contribution in [-0.2, 0) is 28.8 Å². The van der Waals surface area contributed by atoms with Crippen LogP contribution in [0.1, 0.15) is 32.8 Å². The number of esters is 1. The number of anilines is 1. The van der Waals surface area contributed by atoms with Gasteiger partial charge in [0.2, 0.25) is 5.91 Å². The van der Waals surface area contributed by atoms with Crippen LogP contribution in [-0.4, -0.2) is 19.0 Å². The molecule has 0 spiro atoms. The van der Waals surface area contributed by atoms with Gasteiger partial charge in [0.05, 0.1) is 25.4 Å². The molecule has 134 valence electrons. The first-order chi connectivity index (χ1) is 12.6. The molecule has 1 amide bonds. The highest BCUT2D eigenvalue weighted by Crippen LogP contribution is 2.39. The molecule has 5 nitrogen and oxygen atoms in total. The number of amides is 1. The minimum atomic E-state index is -0.403. The van der Waals surface area contributed by atoms with Crippen molar-refractivity contribution in [3.63, 3.8) is 0 Å². The average Bonchev–Trinajstić information content (AvgIpc) is 3.29. The van der Waals surface area contributed by atoms with Gasteiger partial charge in [-0.2, -0.15) is 0 Å². The maximum Gasteiger partial charge on any atom is 0.341 e. The van der Waals surface area contributed by atoms with Crippen molar-refractivity contribution in [2.75, 3.05) is 12.4 Å². The summed E-state index contributed by atoms with van der Waals surface area (Å²) in [6.45, 7) is 0. The quantitative estimate of drug-likeness (QED) is 0.662. The largest absolute Gasteiger partial charge is 0.465 e. The maximum absolute atomic E-state index is 12.6. The summed E-state index contributed by atoms with van der Waals surface area (Å²) >= 11 is 7.50. The van der Waals surface area contributed by atoms with Crippen LogP contribution in [0.25, 0.3) is 11.0 Å². The molecule has 2 aromatic heterocycles. The normalized spacial score (nSPS) is 13.0. The van der Waals surface area contributed by atoms with Gasteiger partial charge < -0.3 is 14.5 Å². The van der Waals surface area contributed by atoms with E-state index in [-0.39, 0.29) is 12.3 Å². The molecule has 3 aromatic rings. The lowest BCUT2D eigenvalue weighted by molar-refractivity contribution is -0.115. The lowest BCUT2D eigenvalue weighted by Gasteiger charge is -2.06. The molecule has 0 unspecified atom stereocenters. The molecular formula is C19H16ClNO4S. The topological polar surface area (TPSA) is 68.5 Å². The lowest BCUT2D eigenvalue weighted by Crippen LogP contribution is -2.16. The van der Waals surface area contributed by atoms with Crippen molar-refractivity contribution < 1.29 is 18.7 Å². The zero-order valence-corrected chi connectivity index (χ0v) is 15.6. The SMILES string of the molecule is COC(=O)c1c(NC(=O)Cc2coc3ccc(Cl)cc23)sc2c1CCC2. The van der Waals surface area contributed by atoms with Crippen molar-refractivity contribution in [1.29, 1.82) is 0 Å². The molecule has 26 heavy (non-hydrogen) atoms. The zero-order valence-electron chi connectivity index (χ0n) is 14.1. The van der Waals surface area contributed by atoms with E-state index in [4.69, 9.17) is 20.8 Å². The molecular weight excluding hydrogens is 374 g/mol. The van der Waals surface area contributed by atoms with Crippen LogP contribution < -0.4 is 5.32 Å². The van der Waals surface area contributed by atoms with Gasteiger partial charge in [-0.15, -0.1) is 11.3 Å². The van der Waals surface area contributed by atoms with E-state index in [2.05, 4.69) is 5.32 Å². The minimum absolute atomic E-state index is 0.135. The fraction of sp³-hybridized carbons (Fsp3) is 0.263. The predicted octanol–water partition coefficient (Wildman–Crippen LogP) is 4.60. The lowest BCUT2D eigenvalue weighted by atomic mass is 10.1. The van der Waals surface area contributed by atoms with Crippen LogP contribution >= 0.6 is 22.9 Å². The number of thiophene rings is 1. The van der Waals surface area contributed by atoms with Crippen molar-refractivity contribution in [2.45, 2.75) is 25.7 Å². The number of furan rings is 1. The first kappa shape index (κ1) is 17.1. The molecule has 1 aliphatic rings. The number of carbonyl (C=O) groups is 2. The van der Waals surface area contributed by atoms with Crippen molar-refractivity contribution in [3.05, 3.63) is 51.1 Å². The van der Waals surface area contributed by atoms with Crippen LogP contribution in [0, 0.1) is 0 Å². The Morgan fingerprint density at radius 1 is 1.35 bits per heavy atom. The molecule has 0 atom stereocenters. The number of aryl methyl sites for hydroxylation is 1. The number of ether oxygens (including phenoxy) is 1. The highest BCUT2D eigenvalue weighted by molar-refractivity contribution is 7.17. The number of hydrogen-bond acceptors (Lipinski definition) is 5. The van der Waals surface area contributed by atoms with Gasteiger partial charge in [0.15, 0.2) is 0 Å². The average molecular weight is 390 g/mol. The third kappa shape index (κ3) is 2.99. The summed E-state index contributed by atoms with van der Waals surface area (Å²) < 4.78 is 10.4. The molecule has 0 radical (unpaired) electrons. The number of nitrogens with one attached hydrogen (secondary N) is 1. The molecule has 0 bridgehead atoms. The van der Waals surface area contributed by atoms with E-state index in [0.717, 1.165) is 40.7 Å². The van der Waals surface area contributed by atoms with E-state index in [1.165, 1.54) is 18.4 Å². The summed E-state index contributed by atoms with van der Waals surface area (Å²) in [7, 11) is 1.36. The first-order valence-corrected chi connectivity index (χ1v) is 9.44. The molecule has 0 aliphatic heterocycles. The van der Waals surface area contributed by atoms with Gasteiger partial charge in [0.25, 0.3) is 0 Å². The van der Waals surface area contributed by atoms with Gasteiger partial charge in [0.1, 0.15) is 10.6 Å². The van der Waals surface area contributed by atoms with E-state index in [1.54, 1.807) is 24.5 Å². The number of benzene rings is 1. The smallest absolute Gasteiger partial charge is 0.341 e. The van der Waals surface area contributed by atoms with Gasteiger partial charge in [-0.25, -0.2) is 4.79 Å². The van der Waals surface area contributed by atoms with Crippen molar-refractivity contribution in [3.8, 4) is 0 Å². The van der Waals surface area contributed by atoms with Crippen LogP contribution in [0.2, 0.25) is 5.02 Å². The molecule has 4 rings (SSSR count). The van der Waals surface area contributed by atoms with Gasteiger partial charge in [-0.1, -0.05) is 11.6 Å². The van der Waals surface area contributed by atoms with Crippen LogP contribution in [0.15, 0.2) is 28.9 Å². The third-order valence-electron chi connectivity index (χ3n) is 4.53. The van der Waals surface area contributed by atoms with E-state index in [1.807, 2.05) is 0 Å². The summed E-state index contributed by atoms with van der Waals surface area (Å²) in [4.78, 5) is 25.9. The fourth-order valence-electron chi connectivity index (χ4n) is 3.35. The van der Waals surface area contributed by atoms with E-state index >= 15 is 0 Å². The Morgan fingerprint density at radius 2 is 2.19 bits per heavy atom. The number of fused-ring (bicyclic) bond motifs is 2.